The smallest absolute Gasteiger partial charge is 0.870 e. The van der Waals surface area contributed by atoms with Crippen molar-refractivity contribution in [3.05, 3.63) is 107 Å². The molecule has 0 saturated heterocycles. The third kappa shape index (κ3) is 16.4. The largest absolute Gasteiger partial charge is 1.00 e. The molecule has 368 valence electrons. The summed E-state index contributed by atoms with van der Waals surface area (Å²) < 4.78 is 81.7. The van der Waals surface area contributed by atoms with Crippen molar-refractivity contribution in [3.8, 4) is 23.3 Å². The molecule has 4 atom stereocenters. The Hall–Kier alpha value is -3.26. The van der Waals surface area contributed by atoms with Gasteiger partial charge in [0.25, 0.3) is 0 Å². The molecule has 0 spiro atoms. The van der Waals surface area contributed by atoms with Gasteiger partial charge in [-0.2, -0.15) is 0 Å². The van der Waals surface area contributed by atoms with Gasteiger partial charge in [-0.3, -0.25) is 9.13 Å². The van der Waals surface area contributed by atoms with Crippen LogP contribution in [0.15, 0.2) is 73.1 Å². The molecule has 4 aliphatic carbocycles. The van der Waals surface area contributed by atoms with Gasteiger partial charge in [0, 0.05) is 50.2 Å². The van der Waals surface area contributed by atoms with Crippen LogP contribution in [0.1, 0.15) is 130 Å². The fourth-order valence-corrected chi connectivity index (χ4v) is 13.3. The third-order valence-electron chi connectivity index (χ3n) is 14.1. The zero-order valence-corrected chi connectivity index (χ0v) is 42.7. The van der Waals surface area contributed by atoms with Crippen LogP contribution in [0.4, 0.5) is 8.78 Å². The molecule has 0 radical (unpaired) electrons. The Morgan fingerprint density at radius 3 is 1.41 bits per heavy atom. The van der Waals surface area contributed by atoms with Crippen molar-refractivity contribution < 1.29 is 70.6 Å². The molecule has 2 heterocycles. The molecule has 16 heteroatoms. The molecule has 4 saturated carbocycles. The Balaban J connectivity index is 0.000000247. The summed E-state index contributed by atoms with van der Waals surface area (Å²) in [5, 5.41) is 0. The maximum absolute atomic E-state index is 14.4. The number of hydrogen-bond acceptors (Lipinski definition) is 10. The first-order valence-electron chi connectivity index (χ1n) is 24.1. The molecule has 68 heavy (non-hydrogen) atoms. The molecule has 2 aromatic carbocycles. The van der Waals surface area contributed by atoms with E-state index in [1.54, 1.807) is 45.4 Å². The van der Waals surface area contributed by atoms with Gasteiger partial charge in [0.1, 0.15) is 23.1 Å². The van der Waals surface area contributed by atoms with Gasteiger partial charge in [0.2, 0.25) is 19.1 Å². The standard InChI is InChI=1S/C27H37FNO4P.C25H33FNO4P.Li.H2O/c1-4-33-34(3,30)18-25(21-9-10-21)22-13-14-29-27(15-22)32-17-19-5-7-20(8-6-19)24-16-23(31-2)11-12-26(24)28;1-30-21-9-10-24(26)22(14-21)18-5-3-17(4-6-18)15-31-25-13-20(11-12-27-25)23(19-7-8-19)16-32(2,28)29;;/h11-16,19-21,25H,4-10,17-18H2,1-3H3;9-14,17-19,23H,3-8,15-16H2,1-2H3,(H,28,29);;1H2/q;;+1;/p-1/t19?,20?,25-,34?;17?,18?,23-;;/m00../s1. The average molecular weight is 975 g/mol. The Morgan fingerprint density at radius 1 is 0.632 bits per heavy atom. The maximum Gasteiger partial charge on any atom is 1.00 e. The summed E-state index contributed by atoms with van der Waals surface area (Å²) in [6.45, 7) is 6.75. The van der Waals surface area contributed by atoms with Gasteiger partial charge in [-0.15, -0.1) is 0 Å². The Kier molecular flexibility index (Phi) is 21.1. The first kappa shape index (κ1) is 55.7. The van der Waals surface area contributed by atoms with Crippen LogP contribution in [0.2, 0.25) is 0 Å². The van der Waals surface area contributed by atoms with Gasteiger partial charge in [-0.25, -0.2) is 18.7 Å². The van der Waals surface area contributed by atoms with E-state index < -0.39 is 14.7 Å². The zero-order chi connectivity index (χ0) is 46.8. The average Bonchev–Trinajstić information content (AvgIpc) is 4.26. The molecule has 4 fully saturated rings. The van der Waals surface area contributed by atoms with Gasteiger partial charge >= 0.3 is 18.9 Å². The normalized spacial score (nSPS) is 22.8. The molecule has 4 aliphatic rings. The number of halogens is 2. The van der Waals surface area contributed by atoms with Crippen molar-refractivity contribution in [1.82, 2.24) is 9.97 Å². The van der Waals surface area contributed by atoms with Crippen molar-refractivity contribution in [2.75, 3.05) is 59.7 Å². The first-order valence-corrected chi connectivity index (χ1v) is 28.6. The molecular weight excluding hydrogens is 903 g/mol. The monoisotopic (exact) mass is 974 g/mol. The van der Waals surface area contributed by atoms with Crippen molar-refractivity contribution >= 4 is 14.7 Å². The minimum Gasteiger partial charge on any atom is -0.870 e. The van der Waals surface area contributed by atoms with Crippen LogP contribution in [0.3, 0.4) is 0 Å². The van der Waals surface area contributed by atoms with Crippen LogP contribution in [0.25, 0.3) is 0 Å². The molecular formula is C52H71F2LiN2O9P2. The summed E-state index contributed by atoms with van der Waals surface area (Å²) in [6.07, 6.45) is 16.7. The van der Waals surface area contributed by atoms with Crippen LogP contribution in [-0.2, 0) is 13.7 Å². The molecule has 2 aromatic heterocycles. The van der Waals surface area contributed by atoms with Gasteiger partial charge < -0.3 is 33.8 Å². The minimum atomic E-state index is -3.09. The van der Waals surface area contributed by atoms with Crippen LogP contribution < -0.4 is 37.8 Å². The minimum absolute atomic E-state index is 0. The number of rotatable bonds is 20. The predicted molar refractivity (Wildman–Crippen MR) is 258 cm³/mol. The van der Waals surface area contributed by atoms with Gasteiger partial charge in [-0.1, -0.05) is 0 Å². The molecule has 11 nitrogen and oxygen atoms in total. The summed E-state index contributed by atoms with van der Waals surface area (Å²) in [4.78, 5) is 18.7. The van der Waals surface area contributed by atoms with E-state index in [2.05, 4.69) is 9.97 Å². The summed E-state index contributed by atoms with van der Waals surface area (Å²) in [7, 11) is -2.49. The summed E-state index contributed by atoms with van der Waals surface area (Å²) in [5.41, 5.74) is 3.71. The van der Waals surface area contributed by atoms with E-state index in [-0.39, 0.29) is 59.6 Å². The molecule has 0 amide bonds. The van der Waals surface area contributed by atoms with E-state index in [1.165, 1.54) is 31.6 Å². The van der Waals surface area contributed by atoms with E-state index in [1.807, 2.05) is 43.3 Å². The van der Waals surface area contributed by atoms with E-state index >= 15 is 0 Å². The number of hydrogen-bond donors (Lipinski definition) is 1. The number of pyridine rings is 2. The molecule has 0 aliphatic heterocycles. The second-order valence-corrected chi connectivity index (χ2v) is 24.5. The number of nitrogens with zero attached hydrogens (tertiary/aromatic N) is 2. The van der Waals surface area contributed by atoms with Crippen LogP contribution >= 0.6 is 14.7 Å². The summed E-state index contributed by atoms with van der Waals surface area (Å²) in [5.74, 6) is 4.97. The Bertz CT molecular complexity index is 2300. The maximum atomic E-state index is 14.4. The summed E-state index contributed by atoms with van der Waals surface area (Å²) in [6, 6.07) is 17.9. The first-order chi connectivity index (χ1) is 31.7. The van der Waals surface area contributed by atoms with Crippen molar-refractivity contribution in [3.63, 3.8) is 0 Å². The van der Waals surface area contributed by atoms with Crippen molar-refractivity contribution in [1.29, 1.82) is 0 Å². The quantitative estimate of drug-likeness (QED) is 0.0665. The van der Waals surface area contributed by atoms with E-state index in [4.69, 9.17) is 23.5 Å². The predicted octanol–water partition coefficient (Wildman–Crippen LogP) is 9.82. The van der Waals surface area contributed by atoms with Crippen LogP contribution in [0, 0.1) is 35.3 Å². The van der Waals surface area contributed by atoms with Crippen LogP contribution in [-0.4, -0.2) is 80.0 Å². The van der Waals surface area contributed by atoms with Gasteiger partial charge in [0.05, 0.1) is 34.0 Å². The molecule has 8 rings (SSSR count). The van der Waals surface area contributed by atoms with E-state index in [9.17, 15) is 22.8 Å². The van der Waals surface area contributed by atoms with Crippen molar-refractivity contribution in [2.24, 2.45) is 23.7 Å². The fraction of sp³-hybridized carbons (Fsp3) is 0.577. The third-order valence-corrected chi connectivity index (χ3v) is 17.1. The van der Waals surface area contributed by atoms with Crippen molar-refractivity contribution in [2.45, 2.75) is 108 Å². The zero-order valence-electron chi connectivity index (χ0n) is 40.9. The molecule has 2 unspecified atom stereocenters. The number of methoxy groups -OCH3 is 2. The van der Waals surface area contributed by atoms with E-state index in [0.717, 1.165) is 86.5 Å². The molecule has 0 bridgehead atoms. The number of ether oxygens (including phenoxy) is 4. The SMILES string of the molecule is CCOP(C)(=O)C[C@H](c1ccnc(OCC2CCC(c3cc(OC)ccc3F)CC2)c1)C1CC1.COc1ccc(F)c(C2CCC(COc3cc([C@@H](CP(C)(=O)O)C4CC4)ccn3)CC2)c1.[Li+].[OH-]. The van der Waals surface area contributed by atoms with E-state index in [0.29, 0.717) is 79.1 Å². The number of benzene rings is 2. The second kappa shape index (κ2) is 25.7. The fourth-order valence-electron chi connectivity index (χ4n) is 10.2. The van der Waals surface area contributed by atoms with Gasteiger partial charge in [-0.05, 0) is 202 Å². The molecule has 2 N–H and O–H groups in total. The summed E-state index contributed by atoms with van der Waals surface area (Å²) >= 11 is 0. The molecule has 4 aromatic rings. The van der Waals surface area contributed by atoms with Gasteiger partial charge in [0.15, 0.2) is 7.37 Å². The topological polar surface area (TPSA) is 156 Å². The van der Waals surface area contributed by atoms with Crippen LogP contribution in [0.5, 0.6) is 23.3 Å². The Morgan fingerprint density at radius 2 is 1.04 bits per heavy atom. The Labute approximate surface area is 414 Å². The second-order valence-electron chi connectivity index (χ2n) is 19.4. The number of aromatic nitrogens is 2.